The molecule has 1 rings (SSSR count). The molecular weight excluding hydrogens is 288 g/mol. The van der Waals surface area contributed by atoms with Gasteiger partial charge in [0.15, 0.2) is 0 Å². The molecule has 17 heavy (non-hydrogen) atoms. The lowest BCUT2D eigenvalue weighted by Gasteiger charge is -2.20. The minimum absolute atomic E-state index is 0.119. The summed E-state index contributed by atoms with van der Waals surface area (Å²) in [5.41, 5.74) is -0.248. The van der Waals surface area contributed by atoms with Gasteiger partial charge in [-0.25, -0.2) is 0 Å². The van der Waals surface area contributed by atoms with Crippen LogP contribution in [-0.4, -0.2) is 16.4 Å². The Balaban J connectivity index is 3.11. The van der Waals surface area contributed by atoms with Crippen LogP contribution in [0.25, 0.3) is 0 Å². The molecule has 1 N–H and O–H groups in total. The lowest BCUT2D eigenvalue weighted by molar-refractivity contribution is -0.385. The Bertz CT molecular complexity index is 466. The van der Waals surface area contributed by atoms with E-state index in [2.05, 4.69) is 21.2 Å². The van der Waals surface area contributed by atoms with Crippen molar-refractivity contribution in [3.8, 4) is 0 Å². The first kappa shape index (κ1) is 13.6. The summed E-state index contributed by atoms with van der Waals surface area (Å²) in [5, 5.41) is 13.5. The third kappa shape index (κ3) is 3.52. The molecule has 1 aromatic carbocycles. The van der Waals surface area contributed by atoms with E-state index in [1.54, 1.807) is 0 Å². The second-order valence-corrected chi connectivity index (χ2v) is 5.39. The smallest absolute Gasteiger partial charge is 0.284 e. The second-order valence-electron chi connectivity index (χ2n) is 4.60. The number of hydrogen-bond donors (Lipinski definition) is 1. The maximum absolute atomic E-state index is 11.9. The zero-order valence-corrected chi connectivity index (χ0v) is 11.4. The molecule has 6 heteroatoms. The van der Waals surface area contributed by atoms with Crippen molar-refractivity contribution in [3.05, 3.63) is 38.3 Å². The van der Waals surface area contributed by atoms with Crippen LogP contribution in [0.15, 0.2) is 22.7 Å². The SMILES string of the molecule is CC(C)(C)NC(=O)c1cccc([N+](=O)[O-])c1Br. The fourth-order valence-corrected chi connectivity index (χ4v) is 1.83. The van der Waals surface area contributed by atoms with Gasteiger partial charge in [0.25, 0.3) is 11.6 Å². The van der Waals surface area contributed by atoms with Crippen LogP contribution in [0.2, 0.25) is 0 Å². The van der Waals surface area contributed by atoms with Crippen molar-refractivity contribution in [1.29, 1.82) is 0 Å². The third-order valence-corrected chi connectivity index (χ3v) is 2.74. The highest BCUT2D eigenvalue weighted by molar-refractivity contribution is 9.10. The van der Waals surface area contributed by atoms with Crippen molar-refractivity contribution < 1.29 is 9.72 Å². The Morgan fingerprint density at radius 2 is 2.00 bits per heavy atom. The van der Waals surface area contributed by atoms with Crippen molar-refractivity contribution in [1.82, 2.24) is 5.32 Å². The van der Waals surface area contributed by atoms with Gasteiger partial charge < -0.3 is 5.32 Å². The van der Waals surface area contributed by atoms with Gasteiger partial charge in [0.2, 0.25) is 0 Å². The number of benzene rings is 1. The number of nitrogens with one attached hydrogen (secondary N) is 1. The summed E-state index contributed by atoms with van der Waals surface area (Å²) >= 11 is 3.09. The maximum atomic E-state index is 11.9. The van der Waals surface area contributed by atoms with Gasteiger partial charge >= 0.3 is 0 Å². The summed E-state index contributed by atoms with van der Waals surface area (Å²) in [4.78, 5) is 22.1. The molecular formula is C11H13BrN2O3. The third-order valence-electron chi connectivity index (χ3n) is 1.91. The molecule has 0 atom stereocenters. The van der Waals surface area contributed by atoms with Crippen LogP contribution in [-0.2, 0) is 0 Å². The lowest BCUT2D eigenvalue weighted by Crippen LogP contribution is -2.40. The Labute approximate surface area is 107 Å². The summed E-state index contributed by atoms with van der Waals surface area (Å²) in [6.07, 6.45) is 0. The zero-order chi connectivity index (χ0) is 13.2. The molecule has 0 unspecified atom stereocenters. The van der Waals surface area contributed by atoms with Gasteiger partial charge in [-0.15, -0.1) is 0 Å². The molecule has 0 saturated heterocycles. The van der Waals surface area contributed by atoms with Crippen molar-refractivity contribution >= 4 is 27.5 Å². The maximum Gasteiger partial charge on any atom is 0.284 e. The molecule has 0 heterocycles. The van der Waals surface area contributed by atoms with Gasteiger partial charge in [-0.2, -0.15) is 0 Å². The second kappa shape index (κ2) is 4.83. The lowest BCUT2D eigenvalue weighted by atomic mass is 10.1. The number of carbonyl (C=O) groups excluding carboxylic acids is 1. The number of halogens is 1. The Morgan fingerprint density at radius 1 is 1.41 bits per heavy atom. The molecule has 0 spiro atoms. The normalized spacial score (nSPS) is 11.1. The summed E-state index contributed by atoms with van der Waals surface area (Å²) in [7, 11) is 0. The molecule has 92 valence electrons. The number of hydrogen-bond acceptors (Lipinski definition) is 3. The molecule has 0 aliphatic rings. The van der Waals surface area contributed by atoms with E-state index in [0.717, 1.165) is 0 Å². The highest BCUT2D eigenvalue weighted by Gasteiger charge is 2.22. The number of nitro groups is 1. The highest BCUT2D eigenvalue weighted by Crippen LogP contribution is 2.28. The highest BCUT2D eigenvalue weighted by atomic mass is 79.9. The Kier molecular flexibility index (Phi) is 3.87. The number of nitro benzene ring substituents is 1. The zero-order valence-electron chi connectivity index (χ0n) is 9.78. The van der Waals surface area contributed by atoms with E-state index in [1.807, 2.05) is 20.8 Å². The van der Waals surface area contributed by atoms with Crippen LogP contribution in [0.4, 0.5) is 5.69 Å². The molecule has 0 aliphatic carbocycles. The Morgan fingerprint density at radius 3 is 2.47 bits per heavy atom. The predicted octanol–water partition coefficient (Wildman–Crippen LogP) is 2.89. The average Bonchev–Trinajstić information content (AvgIpc) is 2.14. The van der Waals surface area contributed by atoms with E-state index >= 15 is 0 Å². The van der Waals surface area contributed by atoms with Crippen molar-refractivity contribution in [2.75, 3.05) is 0 Å². The van der Waals surface area contributed by atoms with Gasteiger partial charge in [0.05, 0.1) is 10.5 Å². The molecule has 0 fully saturated rings. The largest absolute Gasteiger partial charge is 0.347 e. The number of nitrogens with zero attached hydrogens (tertiary/aromatic N) is 1. The average molecular weight is 301 g/mol. The van der Waals surface area contributed by atoms with Crippen molar-refractivity contribution in [2.45, 2.75) is 26.3 Å². The summed E-state index contributed by atoms with van der Waals surface area (Å²) in [6.45, 7) is 5.53. The summed E-state index contributed by atoms with van der Waals surface area (Å²) < 4.78 is 0.201. The van der Waals surface area contributed by atoms with E-state index in [4.69, 9.17) is 0 Å². The number of amides is 1. The number of carbonyl (C=O) groups is 1. The van der Waals surface area contributed by atoms with Gasteiger partial charge in [0.1, 0.15) is 4.47 Å². The Hall–Kier alpha value is -1.43. The van der Waals surface area contributed by atoms with E-state index in [0.29, 0.717) is 0 Å². The van der Waals surface area contributed by atoms with Crippen LogP contribution in [0.5, 0.6) is 0 Å². The molecule has 0 aliphatic heterocycles. The van der Waals surface area contributed by atoms with Gasteiger partial charge in [-0.1, -0.05) is 6.07 Å². The monoisotopic (exact) mass is 300 g/mol. The van der Waals surface area contributed by atoms with Crippen LogP contribution in [0.1, 0.15) is 31.1 Å². The minimum atomic E-state index is -0.530. The van der Waals surface area contributed by atoms with E-state index in [-0.39, 0.29) is 27.2 Å². The standard InChI is InChI=1S/C11H13BrN2O3/c1-11(2,3)13-10(15)7-5-4-6-8(9(7)12)14(16)17/h4-6H,1-3H3,(H,13,15). The van der Waals surface area contributed by atoms with Crippen LogP contribution < -0.4 is 5.32 Å². The van der Waals surface area contributed by atoms with E-state index in [9.17, 15) is 14.9 Å². The predicted molar refractivity (Wildman–Crippen MR) is 68.0 cm³/mol. The fraction of sp³-hybridized carbons (Fsp3) is 0.364. The number of rotatable bonds is 2. The molecule has 0 saturated carbocycles. The molecule has 1 amide bonds. The first-order valence-electron chi connectivity index (χ1n) is 4.98. The van der Waals surface area contributed by atoms with Gasteiger partial charge in [-0.3, -0.25) is 14.9 Å². The first-order valence-corrected chi connectivity index (χ1v) is 5.77. The van der Waals surface area contributed by atoms with E-state index < -0.39 is 4.92 Å². The molecule has 0 aromatic heterocycles. The topological polar surface area (TPSA) is 72.2 Å². The molecule has 0 radical (unpaired) electrons. The molecule has 5 nitrogen and oxygen atoms in total. The van der Waals surface area contributed by atoms with E-state index in [1.165, 1.54) is 18.2 Å². The molecule has 1 aromatic rings. The summed E-state index contributed by atoms with van der Waals surface area (Å²) in [5.74, 6) is -0.340. The first-order chi connectivity index (χ1) is 7.72. The van der Waals surface area contributed by atoms with Crippen molar-refractivity contribution in [2.24, 2.45) is 0 Å². The molecule has 0 bridgehead atoms. The fourth-order valence-electron chi connectivity index (χ4n) is 1.24. The van der Waals surface area contributed by atoms with Crippen molar-refractivity contribution in [3.63, 3.8) is 0 Å². The van der Waals surface area contributed by atoms with Gasteiger partial charge in [0, 0.05) is 11.6 Å². The summed E-state index contributed by atoms with van der Waals surface area (Å²) in [6, 6.07) is 4.37. The van der Waals surface area contributed by atoms with Gasteiger partial charge in [-0.05, 0) is 42.8 Å². The quantitative estimate of drug-likeness (QED) is 0.674. The van der Waals surface area contributed by atoms with Crippen LogP contribution in [0.3, 0.4) is 0 Å². The van der Waals surface area contributed by atoms with Crippen LogP contribution in [0, 0.1) is 10.1 Å². The van der Waals surface area contributed by atoms with Crippen LogP contribution >= 0.6 is 15.9 Å². The minimum Gasteiger partial charge on any atom is -0.347 e.